The Kier molecular flexibility index (Phi) is 3.37. The quantitative estimate of drug-likeness (QED) is 0.841. The van der Waals surface area contributed by atoms with E-state index in [-0.39, 0.29) is 5.41 Å². The van der Waals surface area contributed by atoms with Crippen molar-refractivity contribution in [2.75, 3.05) is 6.54 Å². The summed E-state index contributed by atoms with van der Waals surface area (Å²) >= 11 is 0. The lowest BCUT2D eigenvalue weighted by atomic mass is 9.68. The van der Waals surface area contributed by atoms with E-state index in [2.05, 4.69) is 37.9 Å². The van der Waals surface area contributed by atoms with Crippen LogP contribution in [0.4, 0.5) is 0 Å². The molecule has 0 unspecified atom stereocenters. The molecule has 108 valence electrons. The number of nitrogens with two attached hydrogens (primary N) is 1. The summed E-state index contributed by atoms with van der Waals surface area (Å²) < 4.78 is 0. The van der Waals surface area contributed by atoms with Crippen molar-refractivity contribution in [3.63, 3.8) is 0 Å². The summed E-state index contributed by atoms with van der Waals surface area (Å²) in [5.41, 5.74) is 13.3. The van der Waals surface area contributed by atoms with Gasteiger partial charge in [0.2, 0.25) is 0 Å². The van der Waals surface area contributed by atoms with Gasteiger partial charge in [0.1, 0.15) is 0 Å². The third-order valence-electron chi connectivity index (χ3n) is 5.16. The Hall–Kier alpha value is -1.28. The lowest BCUT2D eigenvalue weighted by molar-refractivity contribution is 0.301. The lowest BCUT2D eigenvalue weighted by Gasteiger charge is -2.37. The van der Waals surface area contributed by atoms with Crippen LogP contribution in [0.3, 0.4) is 0 Å². The van der Waals surface area contributed by atoms with Crippen LogP contribution in [0.15, 0.2) is 12.1 Å². The second kappa shape index (κ2) is 4.92. The van der Waals surface area contributed by atoms with E-state index < -0.39 is 0 Å². The second-order valence-electron chi connectivity index (χ2n) is 6.67. The lowest BCUT2D eigenvalue weighted by Crippen LogP contribution is -2.37. The largest absolute Gasteiger partial charge is 0.358 e. The minimum absolute atomic E-state index is 0.195. The van der Waals surface area contributed by atoms with Crippen LogP contribution in [0.2, 0.25) is 0 Å². The molecule has 1 aliphatic carbocycles. The molecule has 0 amide bonds. The molecule has 1 aromatic heterocycles. The van der Waals surface area contributed by atoms with E-state index in [4.69, 9.17) is 5.73 Å². The first-order valence-corrected chi connectivity index (χ1v) is 7.87. The van der Waals surface area contributed by atoms with E-state index in [0.717, 1.165) is 6.54 Å². The maximum absolute atomic E-state index is 6.26. The molecule has 0 radical (unpaired) electrons. The van der Waals surface area contributed by atoms with Crippen molar-refractivity contribution in [3.8, 4) is 0 Å². The van der Waals surface area contributed by atoms with E-state index in [1.807, 2.05) is 0 Å². The van der Waals surface area contributed by atoms with Crippen molar-refractivity contribution in [2.45, 2.75) is 58.3 Å². The topological polar surface area (TPSA) is 41.8 Å². The Morgan fingerprint density at radius 3 is 2.45 bits per heavy atom. The number of H-pyrrole nitrogens is 1. The summed E-state index contributed by atoms with van der Waals surface area (Å²) in [6, 6.07) is 4.57. The number of nitrogens with one attached hydrogen (secondary N) is 1. The highest BCUT2D eigenvalue weighted by molar-refractivity contribution is 5.89. The van der Waals surface area contributed by atoms with Crippen LogP contribution in [0, 0.1) is 20.8 Å². The predicted octanol–water partition coefficient (Wildman–Crippen LogP) is 4.25. The van der Waals surface area contributed by atoms with Crippen LogP contribution < -0.4 is 5.73 Å². The maximum Gasteiger partial charge on any atom is 0.0464 e. The van der Waals surface area contributed by atoms with Crippen molar-refractivity contribution in [2.24, 2.45) is 5.73 Å². The van der Waals surface area contributed by atoms with Crippen molar-refractivity contribution in [1.29, 1.82) is 0 Å². The summed E-state index contributed by atoms with van der Waals surface area (Å²) in [6.45, 7) is 7.39. The van der Waals surface area contributed by atoms with E-state index >= 15 is 0 Å². The maximum atomic E-state index is 6.26. The predicted molar refractivity (Wildman–Crippen MR) is 86.3 cm³/mol. The fraction of sp³-hybridized carbons (Fsp3) is 0.556. The van der Waals surface area contributed by atoms with Gasteiger partial charge in [-0.25, -0.2) is 0 Å². The smallest absolute Gasteiger partial charge is 0.0464 e. The molecule has 1 heterocycles. The van der Waals surface area contributed by atoms with Crippen LogP contribution in [-0.4, -0.2) is 11.5 Å². The van der Waals surface area contributed by atoms with Crippen molar-refractivity contribution in [3.05, 3.63) is 34.5 Å². The Bertz CT molecular complexity index is 630. The molecule has 0 saturated heterocycles. The van der Waals surface area contributed by atoms with Gasteiger partial charge in [0.25, 0.3) is 0 Å². The van der Waals surface area contributed by atoms with Crippen LogP contribution in [0.1, 0.15) is 54.5 Å². The molecule has 1 fully saturated rings. The van der Waals surface area contributed by atoms with Crippen molar-refractivity contribution in [1.82, 2.24) is 4.98 Å². The highest BCUT2D eigenvalue weighted by Gasteiger charge is 2.36. The van der Waals surface area contributed by atoms with Gasteiger partial charge in [0, 0.05) is 28.6 Å². The second-order valence-corrected chi connectivity index (χ2v) is 6.67. The molecule has 0 bridgehead atoms. The van der Waals surface area contributed by atoms with E-state index in [0.29, 0.717) is 0 Å². The van der Waals surface area contributed by atoms with Gasteiger partial charge in [-0.3, -0.25) is 0 Å². The summed E-state index contributed by atoms with van der Waals surface area (Å²) in [6.07, 6.45) is 6.47. The first-order chi connectivity index (χ1) is 9.57. The summed E-state index contributed by atoms with van der Waals surface area (Å²) in [5, 5.41) is 1.43. The number of aromatic nitrogens is 1. The number of fused-ring (bicyclic) bond motifs is 1. The Labute approximate surface area is 121 Å². The third-order valence-corrected chi connectivity index (χ3v) is 5.16. The third kappa shape index (κ3) is 1.98. The van der Waals surface area contributed by atoms with Crippen LogP contribution in [0.25, 0.3) is 10.9 Å². The molecule has 2 nitrogen and oxygen atoms in total. The zero-order valence-corrected chi connectivity index (χ0v) is 13.0. The zero-order valence-electron chi connectivity index (χ0n) is 13.0. The molecule has 1 aliphatic rings. The van der Waals surface area contributed by atoms with Gasteiger partial charge in [0.15, 0.2) is 0 Å². The molecule has 0 atom stereocenters. The highest BCUT2D eigenvalue weighted by Crippen LogP contribution is 2.44. The van der Waals surface area contributed by atoms with Gasteiger partial charge in [-0.2, -0.15) is 0 Å². The fourth-order valence-electron chi connectivity index (χ4n) is 4.30. The molecule has 3 rings (SSSR count). The molecule has 1 saturated carbocycles. The number of hydrogen-bond acceptors (Lipinski definition) is 1. The molecule has 2 aromatic rings. The molecule has 0 spiro atoms. The molecule has 1 aromatic carbocycles. The first kappa shape index (κ1) is 13.7. The minimum atomic E-state index is 0.195. The zero-order chi connectivity index (χ0) is 14.3. The first-order valence-electron chi connectivity index (χ1n) is 7.87. The highest BCUT2D eigenvalue weighted by atomic mass is 14.7. The van der Waals surface area contributed by atoms with Crippen LogP contribution in [-0.2, 0) is 5.41 Å². The normalized spacial score (nSPS) is 18.6. The standard InChI is InChI=1S/C18H26N2/c1-12-9-13(2)16-15(10-12)20-14(3)17(16)18(11-19)7-5-4-6-8-18/h9-10,20H,4-8,11,19H2,1-3H3. The van der Waals surface area contributed by atoms with Gasteiger partial charge in [-0.05, 0) is 56.4 Å². The molecule has 2 heteroatoms. The van der Waals surface area contributed by atoms with Gasteiger partial charge in [-0.15, -0.1) is 0 Å². The molecule has 3 N–H and O–H groups in total. The van der Waals surface area contributed by atoms with Gasteiger partial charge < -0.3 is 10.7 Å². The number of aromatic amines is 1. The molecule has 0 aliphatic heterocycles. The van der Waals surface area contributed by atoms with E-state index in [1.165, 1.54) is 65.4 Å². The van der Waals surface area contributed by atoms with Crippen LogP contribution >= 0.6 is 0 Å². The van der Waals surface area contributed by atoms with E-state index in [1.54, 1.807) is 0 Å². The average Bonchev–Trinajstić information content (AvgIpc) is 2.76. The fourth-order valence-corrected chi connectivity index (χ4v) is 4.30. The summed E-state index contributed by atoms with van der Waals surface area (Å²) in [4.78, 5) is 3.61. The Balaban J connectivity index is 2.27. The Morgan fingerprint density at radius 2 is 1.80 bits per heavy atom. The molecular weight excluding hydrogens is 244 g/mol. The molecule has 20 heavy (non-hydrogen) atoms. The van der Waals surface area contributed by atoms with Crippen molar-refractivity contribution < 1.29 is 0 Å². The van der Waals surface area contributed by atoms with Crippen LogP contribution in [0.5, 0.6) is 0 Å². The van der Waals surface area contributed by atoms with Gasteiger partial charge >= 0.3 is 0 Å². The van der Waals surface area contributed by atoms with Gasteiger partial charge in [-0.1, -0.05) is 25.3 Å². The summed E-state index contributed by atoms with van der Waals surface area (Å²) in [5.74, 6) is 0. The monoisotopic (exact) mass is 270 g/mol. The number of aryl methyl sites for hydroxylation is 3. The SMILES string of the molecule is Cc1cc(C)c2c(C3(CN)CCCCC3)c(C)[nH]c2c1. The number of benzene rings is 1. The summed E-state index contributed by atoms with van der Waals surface area (Å²) in [7, 11) is 0. The minimum Gasteiger partial charge on any atom is -0.358 e. The van der Waals surface area contributed by atoms with E-state index in [9.17, 15) is 0 Å². The number of rotatable bonds is 2. The van der Waals surface area contributed by atoms with Gasteiger partial charge in [0.05, 0.1) is 0 Å². The average molecular weight is 270 g/mol. The van der Waals surface area contributed by atoms with Crippen molar-refractivity contribution >= 4 is 10.9 Å². The number of hydrogen-bond donors (Lipinski definition) is 2. The Morgan fingerprint density at radius 1 is 1.10 bits per heavy atom. The molecular formula is C18H26N2.